The van der Waals surface area contributed by atoms with Crippen LogP contribution >= 0.6 is 0 Å². The van der Waals surface area contributed by atoms with Crippen molar-refractivity contribution in [1.82, 2.24) is 9.20 Å². The summed E-state index contributed by atoms with van der Waals surface area (Å²) in [5, 5.41) is 0. The lowest BCUT2D eigenvalue weighted by molar-refractivity contribution is 0.346. The molecule has 0 saturated heterocycles. The minimum Gasteiger partial charge on any atom is -0.370 e. The average molecular weight is 222 g/mol. The number of aromatic nitrogens is 2. The second kappa shape index (κ2) is 4.00. The minimum atomic E-state index is -0.602. The molecule has 0 unspecified atom stereocenters. The molecule has 5 nitrogen and oxygen atoms in total. The molecule has 0 aromatic carbocycles. The van der Waals surface area contributed by atoms with Gasteiger partial charge in [-0.15, -0.1) is 0 Å². The van der Waals surface area contributed by atoms with Crippen molar-refractivity contribution in [1.29, 1.82) is 0 Å². The maximum atomic E-state index is 11.5. The molecule has 0 aliphatic rings. The molecular formula is C11H14N2O3. The number of rotatable bonds is 3. The van der Waals surface area contributed by atoms with Crippen LogP contribution in [0.3, 0.4) is 0 Å². The molecule has 0 radical (unpaired) electrons. The Morgan fingerprint density at radius 2 is 2.12 bits per heavy atom. The Hall–Kier alpha value is -1.78. The standard InChI is InChI=1S/C11H14N2O3/c1-8(2)5-7-13-11(15)16-10(14)9-4-3-6-12(9)13/h3-4,6,8H,5,7H2,1-2H3. The third-order valence-electron chi connectivity index (χ3n) is 2.51. The van der Waals surface area contributed by atoms with Crippen LogP contribution in [0.4, 0.5) is 0 Å². The highest BCUT2D eigenvalue weighted by atomic mass is 16.4. The highest BCUT2D eigenvalue weighted by Gasteiger charge is 2.08. The molecular weight excluding hydrogens is 208 g/mol. The van der Waals surface area contributed by atoms with Gasteiger partial charge in [0.25, 0.3) is 0 Å². The first-order valence-corrected chi connectivity index (χ1v) is 5.31. The first-order valence-electron chi connectivity index (χ1n) is 5.31. The maximum absolute atomic E-state index is 11.5. The predicted molar refractivity (Wildman–Crippen MR) is 59.6 cm³/mol. The van der Waals surface area contributed by atoms with E-state index >= 15 is 0 Å². The second-order valence-electron chi connectivity index (χ2n) is 4.20. The van der Waals surface area contributed by atoms with Gasteiger partial charge in [-0.1, -0.05) is 13.8 Å². The SMILES string of the molecule is CC(C)CCn1c(=O)oc(=O)c2cccn21. The molecule has 86 valence electrons. The molecule has 2 rings (SSSR count). The van der Waals surface area contributed by atoms with Gasteiger partial charge in [0.05, 0.1) is 0 Å². The Labute approximate surface area is 91.9 Å². The summed E-state index contributed by atoms with van der Waals surface area (Å²) < 4.78 is 7.64. The van der Waals surface area contributed by atoms with Crippen molar-refractivity contribution in [3.05, 3.63) is 39.3 Å². The van der Waals surface area contributed by atoms with Crippen LogP contribution in [-0.2, 0) is 6.54 Å². The molecule has 0 amide bonds. The van der Waals surface area contributed by atoms with Crippen molar-refractivity contribution in [2.45, 2.75) is 26.8 Å². The molecule has 5 heteroatoms. The minimum absolute atomic E-state index is 0.392. The molecule has 0 saturated carbocycles. The molecule has 0 bridgehead atoms. The third kappa shape index (κ3) is 1.80. The molecule has 2 aromatic heterocycles. The second-order valence-corrected chi connectivity index (χ2v) is 4.20. The number of hydrogen-bond acceptors (Lipinski definition) is 3. The largest absolute Gasteiger partial charge is 0.437 e. The van der Waals surface area contributed by atoms with Gasteiger partial charge in [-0.2, -0.15) is 0 Å². The van der Waals surface area contributed by atoms with Gasteiger partial charge in [0.1, 0.15) is 5.52 Å². The number of nitrogens with zero attached hydrogens (tertiary/aromatic N) is 2. The van der Waals surface area contributed by atoms with Gasteiger partial charge in [0, 0.05) is 12.7 Å². The summed E-state index contributed by atoms with van der Waals surface area (Å²) in [5.41, 5.74) is -0.195. The van der Waals surface area contributed by atoms with E-state index in [0.717, 1.165) is 6.42 Å². The number of hydrogen-bond donors (Lipinski definition) is 0. The molecule has 0 atom stereocenters. The molecule has 0 aliphatic carbocycles. The summed E-state index contributed by atoms with van der Waals surface area (Å²) in [6, 6.07) is 3.36. The lowest BCUT2D eigenvalue weighted by atomic mass is 10.1. The highest BCUT2D eigenvalue weighted by Crippen LogP contribution is 2.02. The van der Waals surface area contributed by atoms with Crippen LogP contribution in [0.25, 0.3) is 5.52 Å². The van der Waals surface area contributed by atoms with Gasteiger partial charge >= 0.3 is 11.4 Å². The Morgan fingerprint density at radius 3 is 2.81 bits per heavy atom. The fourth-order valence-electron chi connectivity index (χ4n) is 1.60. The Morgan fingerprint density at radius 1 is 1.38 bits per heavy atom. The van der Waals surface area contributed by atoms with E-state index in [0.29, 0.717) is 18.0 Å². The van der Waals surface area contributed by atoms with Gasteiger partial charge in [-0.25, -0.2) is 18.8 Å². The van der Waals surface area contributed by atoms with Crippen LogP contribution in [0.1, 0.15) is 20.3 Å². The molecule has 2 aromatic rings. The third-order valence-corrected chi connectivity index (χ3v) is 2.51. The maximum Gasteiger partial charge on any atom is 0.437 e. The Balaban J connectivity index is 2.55. The summed E-state index contributed by atoms with van der Waals surface area (Å²) in [7, 11) is 0. The lowest BCUT2D eigenvalue weighted by Crippen LogP contribution is -2.30. The van der Waals surface area contributed by atoms with Crippen molar-refractivity contribution in [3.63, 3.8) is 0 Å². The summed E-state index contributed by atoms with van der Waals surface area (Å²) >= 11 is 0. The molecule has 0 aliphatic heterocycles. The van der Waals surface area contributed by atoms with E-state index in [-0.39, 0.29) is 0 Å². The van der Waals surface area contributed by atoms with Crippen molar-refractivity contribution in [2.75, 3.05) is 0 Å². The van der Waals surface area contributed by atoms with E-state index in [2.05, 4.69) is 18.3 Å². The van der Waals surface area contributed by atoms with Gasteiger partial charge < -0.3 is 4.42 Å². The molecule has 0 fully saturated rings. The van der Waals surface area contributed by atoms with Crippen molar-refractivity contribution >= 4 is 5.52 Å². The quantitative estimate of drug-likeness (QED) is 0.781. The van der Waals surface area contributed by atoms with Gasteiger partial charge in [0.15, 0.2) is 0 Å². The molecule has 16 heavy (non-hydrogen) atoms. The van der Waals surface area contributed by atoms with Crippen LogP contribution in [0.2, 0.25) is 0 Å². The summed E-state index contributed by atoms with van der Waals surface area (Å²) in [5.74, 6) is -0.112. The van der Waals surface area contributed by atoms with Crippen LogP contribution < -0.4 is 11.4 Å². The lowest BCUT2D eigenvalue weighted by Gasteiger charge is -2.09. The predicted octanol–water partition coefficient (Wildman–Crippen LogP) is 1.10. The summed E-state index contributed by atoms with van der Waals surface area (Å²) in [6.45, 7) is 4.71. The van der Waals surface area contributed by atoms with E-state index in [1.165, 1.54) is 4.68 Å². The first kappa shape index (κ1) is 10.7. The molecule has 2 heterocycles. The van der Waals surface area contributed by atoms with Gasteiger partial charge in [-0.3, -0.25) is 0 Å². The van der Waals surface area contributed by atoms with Gasteiger partial charge in [0.2, 0.25) is 0 Å². The van der Waals surface area contributed by atoms with Crippen LogP contribution in [0.5, 0.6) is 0 Å². The Kier molecular flexibility index (Phi) is 2.68. The van der Waals surface area contributed by atoms with E-state index in [4.69, 9.17) is 0 Å². The van der Waals surface area contributed by atoms with E-state index < -0.39 is 11.4 Å². The highest BCUT2D eigenvalue weighted by molar-refractivity contribution is 5.42. The zero-order chi connectivity index (χ0) is 11.7. The summed E-state index contributed by atoms with van der Waals surface area (Å²) in [6.07, 6.45) is 2.55. The zero-order valence-electron chi connectivity index (χ0n) is 9.34. The van der Waals surface area contributed by atoms with Crippen molar-refractivity contribution in [3.8, 4) is 0 Å². The van der Waals surface area contributed by atoms with Crippen LogP contribution in [-0.4, -0.2) is 9.20 Å². The Bertz CT molecular complexity index is 603. The monoisotopic (exact) mass is 222 g/mol. The number of fused-ring (bicyclic) bond motifs is 1. The fourth-order valence-corrected chi connectivity index (χ4v) is 1.60. The van der Waals surface area contributed by atoms with E-state index in [1.54, 1.807) is 22.8 Å². The van der Waals surface area contributed by atoms with Crippen molar-refractivity contribution < 1.29 is 4.42 Å². The van der Waals surface area contributed by atoms with Crippen LogP contribution in [0.15, 0.2) is 32.3 Å². The molecule has 0 N–H and O–H groups in total. The van der Waals surface area contributed by atoms with Crippen LogP contribution in [0, 0.1) is 5.92 Å². The van der Waals surface area contributed by atoms with Gasteiger partial charge in [-0.05, 0) is 24.5 Å². The van der Waals surface area contributed by atoms with E-state index in [1.807, 2.05) is 0 Å². The summed E-state index contributed by atoms with van der Waals surface area (Å²) in [4.78, 5) is 22.9. The molecule has 0 spiro atoms. The number of aryl methyl sites for hydroxylation is 1. The average Bonchev–Trinajstić information content (AvgIpc) is 2.65. The van der Waals surface area contributed by atoms with Crippen molar-refractivity contribution in [2.24, 2.45) is 5.92 Å². The first-order chi connectivity index (χ1) is 7.59. The smallest absolute Gasteiger partial charge is 0.370 e. The normalized spacial score (nSPS) is 11.4. The zero-order valence-corrected chi connectivity index (χ0v) is 9.34. The topological polar surface area (TPSA) is 56.6 Å². The van der Waals surface area contributed by atoms with E-state index in [9.17, 15) is 9.59 Å². The fraction of sp³-hybridized carbons (Fsp3) is 0.455.